The van der Waals surface area contributed by atoms with Crippen LogP contribution in [0.15, 0.2) is 89.0 Å². The maximum Gasteiger partial charge on any atom is 0.261 e. The van der Waals surface area contributed by atoms with Crippen molar-refractivity contribution in [1.29, 1.82) is 0 Å². The standard InChI is InChI=1S/C37H35N11O3S/c1-23-16-24(2)48-35(41-23)28(17-40-48)36(50)42-26-14-12-25(13-15-26)30-19-46(45-44-30)20-31-33(51-22-39-31)18-38-34(49)21-52-37-43-29-10-6-7-11-32(29)47(37)27-8-4-3-5-9-27/h3-5,8-9,12-17,19,22H,6-7,10-11,18,20-21H2,1-2H3,(H,38,49)(H,42,50). The number of amides is 2. The normalized spacial score (nSPS) is 12.6. The number of thioether (sulfide) groups is 1. The van der Waals surface area contributed by atoms with Gasteiger partial charge in [0.2, 0.25) is 5.91 Å². The zero-order valence-corrected chi connectivity index (χ0v) is 29.4. The van der Waals surface area contributed by atoms with E-state index in [0.29, 0.717) is 40.6 Å². The molecule has 0 fully saturated rings. The Bertz CT molecular complexity index is 2390. The number of rotatable bonds is 11. The molecule has 0 unspecified atom stereocenters. The number of benzene rings is 2. The monoisotopic (exact) mass is 713 g/mol. The molecule has 52 heavy (non-hydrogen) atoms. The van der Waals surface area contributed by atoms with E-state index in [1.807, 2.05) is 68.6 Å². The van der Waals surface area contributed by atoms with Gasteiger partial charge in [0, 0.05) is 34.0 Å². The van der Waals surface area contributed by atoms with Crippen LogP contribution in [0.5, 0.6) is 0 Å². The lowest BCUT2D eigenvalue weighted by atomic mass is 10.0. The van der Waals surface area contributed by atoms with Gasteiger partial charge >= 0.3 is 0 Å². The summed E-state index contributed by atoms with van der Waals surface area (Å²) in [5, 5.41) is 19.6. The molecule has 0 saturated carbocycles. The number of aromatic nitrogens is 9. The van der Waals surface area contributed by atoms with Gasteiger partial charge in [-0.05, 0) is 69.9 Å². The molecule has 7 aromatic rings. The minimum Gasteiger partial charge on any atom is -0.446 e. The molecule has 0 aliphatic heterocycles. The number of nitrogens with zero attached hydrogens (tertiary/aromatic N) is 9. The van der Waals surface area contributed by atoms with Crippen LogP contribution < -0.4 is 10.6 Å². The van der Waals surface area contributed by atoms with Gasteiger partial charge in [-0.25, -0.2) is 24.1 Å². The Hall–Kier alpha value is -6.09. The van der Waals surface area contributed by atoms with Crippen LogP contribution in [0.3, 0.4) is 0 Å². The third-order valence-electron chi connectivity index (χ3n) is 8.93. The Morgan fingerprint density at radius 3 is 2.67 bits per heavy atom. The number of carbonyl (C=O) groups is 2. The van der Waals surface area contributed by atoms with Crippen molar-refractivity contribution in [1.82, 2.24) is 49.4 Å². The van der Waals surface area contributed by atoms with E-state index in [9.17, 15) is 9.59 Å². The summed E-state index contributed by atoms with van der Waals surface area (Å²) < 4.78 is 11.1. The van der Waals surface area contributed by atoms with Crippen molar-refractivity contribution in [3.63, 3.8) is 0 Å². The van der Waals surface area contributed by atoms with Crippen LogP contribution in [0.2, 0.25) is 0 Å². The maximum atomic E-state index is 13.0. The largest absolute Gasteiger partial charge is 0.446 e. The average Bonchev–Trinajstić information content (AvgIpc) is 3.97. The lowest BCUT2D eigenvalue weighted by Gasteiger charge is -2.15. The Balaban J connectivity index is 0.865. The number of hydrogen-bond donors (Lipinski definition) is 2. The van der Waals surface area contributed by atoms with Gasteiger partial charge in [0.25, 0.3) is 5.91 Å². The molecular weight excluding hydrogens is 679 g/mol. The second-order valence-corrected chi connectivity index (χ2v) is 13.6. The second-order valence-electron chi connectivity index (χ2n) is 12.6. The van der Waals surface area contributed by atoms with Gasteiger partial charge < -0.3 is 15.1 Å². The van der Waals surface area contributed by atoms with Crippen molar-refractivity contribution in [2.75, 3.05) is 11.1 Å². The highest BCUT2D eigenvalue weighted by Crippen LogP contribution is 2.30. The van der Waals surface area contributed by atoms with Gasteiger partial charge in [-0.15, -0.1) is 5.10 Å². The number of hydrogen-bond acceptors (Lipinski definition) is 10. The van der Waals surface area contributed by atoms with E-state index in [1.54, 1.807) is 9.20 Å². The number of anilines is 1. The van der Waals surface area contributed by atoms with Crippen molar-refractivity contribution in [3.05, 3.63) is 119 Å². The Morgan fingerprint density at radius 1 is 1.00 bits per heavy atom. The fourth-order valence-corrected chi connectivity index (χ4v) is 7.28. The quantitative estimate of drug-likeness (QED) is 0.167. The van der Waals surface area contributed by atoms with Gasteiger partial charge in [0.1, 0.15) is 22.7 Å². The van der Waals surface area contributed by atoms with E-state index in [1.165, 1.54) is 30.0 Å². The summed E-state index contributed by atoms with van der Waals surface area (Å²) in [6, 6.07) is 19.5. The van der Waals surface area contributed by atoms with Crippen molar-refractivity contribution in [2.45, 2.75) is 57.8 Å². The van der Waals surface area contributed by atoms with Crippen LogP contribution in [0.4, 0.5) is 5.69 Å². The lowest BCUT2D eigenvalue weighted by molar-refractivity contribution is -0.118. The number of fused-ring (bicyclic) bond motifs is 2. The molecule has 5 heterocycles. The lowest BCUT2D eigenvalue weighted by Crippen LogP contribution is -2.25. The first-order chi connectivity index (χ1) is 25.4. The van der Waals surface area contributed by atoms with E-state index < -0.39 is 0 Å². The predicted molar refractivity (Wildman–Crippen MR) is 194 cm³/mol. The Kier molecular flexibility index (Phi) is 9.07. The molecule has 15 heteroatoms. The summed E-state index contributed by atoms with van der Waals surface area (Å²) in [4.78, 5) is 39.8. The molecule has 0 atom stereocenters. The van der Waals surface area contributed by atoms with E-state index in [-0.39, 0.29) is 24.1 Å². The van der Waals surface area contributed by atoms with Crippen molar-refractivity contribution in [3.8, 4) is 16.9 Å². The zero-order chi connectivity index (χ0) is 35.6. The summed E-state index contributed by atoms with van der Waals surface area (Å²) in [5.74, 6) is 0.344. The van der Waals surface area contributed by atoms with Crippen molar-refractivity contribution in [2.24, 2.45) is 0 Å². The van der Waals surface area contributed by atoms with Gasteiger partial charge in [-0.2, -0.15) is 5.10 Å². The van der Waals surface area contributed by atoms with E-state index in [4.69, 9.17) is 9.40 Å². The molecule has 14 nitrogen and oxygen atoms in total. The SMILES string of the molecule is Cc1cc(C)n2ncc(C(=O)Nc3ccc(-c4cn(Cc5ncoc5CNC(=O)CSc5nc6c(n5-c5ccccc5)CCCC6)nn4)cc3)c2n1. The van der Waals surface area contributed by atoms with Crippen LogP contribution in [-0.4, -0.2) is 61.7 Å². The summed E-state index contributed by atoms with van der Waals surface area (Å²) in [5.41, 5.74) is 8.81. The van der Waals surface area contributed by atoms with Gasteiger partial charge in [0.05, 0.1) is 36.9 Å². The fourth-order valence-electron chi connectivity index (χ4n) is 6.40. The molecule has 0 spiro atoms. The molecule has 0 saturated heterocycles. The molecule has 0 radical (unpaired) electrons. The van der Waals surface area contributed by atoms with E-state index in [2.05, 4.69) is 52.7 Å². The number of para-hydroxylation sites is 1. The molecule has 2 amide bonds. The third kappa shape index (κ3) is 6.82. The fraction of sp³-hybridized carbons (Fsp3) is 0.243. The molecule has 1 aliphatic carbocycles. The van der Waals surface area contributed by atoms with Gasteiger partial charge in [-0.3, -0.25) is 14.2 Å². The first-order valence-corrected chi connectivity index (χ1v) is 18.0. The van der Waals surface area contributed by atoms with Crippen LogP contribution in [0, 0.1) is 13.8 Å². The van der Waals surface area contributed by atoms with Crippen LogP contribution >= 0.6 is 11.8 Å². The smallest absolute Gasteiger partial charge is 0.261 e. The van der Waals surface area contributed by atoms with Gasteiger partial charge in [0.15, 0.2) is 17.2 Å². The van der Waals surface area contributed by atoms with E-state index >= 15 is 0 Å². The Labute approximate surface area is 302 Å². The number of nitrogens with one attached hydrogen (secondary N) is 2. The Morgan fingerprint density at radius 2 is 1.83 bits per heavy atom. The molecule has 2 aromatic carbocycles. The zero-order valence-electron chi connectivity index (χ0n) is 28.6. The summed E-state index contributed by atoms with van der Waals surface area (Å²) in [6.07, 6.45) is 8.93. The molecule has 5 aromatic heterocycles. The maximum absolute atomic E-state index is 13.0. The number of aryl methyl sites for hydroxylation is 3. The topological polar surface area (TPSA) is 163 Å². The van der Waals surface area contributed by atoms with Crippen molar-refractivity contribution >= 4 is 34.9 Å². The third-order valence-corrected chi connectivity index (χ3v) is 9.87. The average molecular weight is 714 g/mol. The molecular formula is C37H35N11O3S. The summed E-state index contributed by atoms with van der Waals surface area (Å²) in [6.45, 7) is 4.31. The first kappa shape index (κ1) is 33.1. The molecule has 1 aliphatic rings. The minimum absolute atomic E-state index is 0.129. The second kappa shape index (κ2) is 14.3. The molecule has 0 bridgehead atoms. The molecule has 262 valence electrons. The van der Waals surface area contributed by atoms with Gasteiger partial charge in [-0.1, -0.05) is 47.3 Å². The number of carbonyl (C=O) groups excluding carboxylic acids is 2. The molecule has 8 rings (SSSR count). The number of oxazole rings is 1. The van der Waals surface area contributed by atoms with Crippen LogP contribution in [0.1, 0.15) is 57.4 Å². The number of imidazole rings is 1. The van der Waals surface area contributed by atoms with Crippen LogP contribution in [0.25, 0.3) is 22.6 Å². The molecule has 2 N–H and O–H groups in total. The van der Waals surface area contributed by atoms with Crippen LogP contribution in [-0.2, 0) is 30.7 Å². The van der Waals surface area contributed by atoms with Crippen molar-refractivity contribution < 1.29 is 14.0 Å². The highest BCUT2D eigenvalue weighted by molar-refractivity contribution is 7.99. The summed E-state index contributed by atoms with van der Waals surface area (Å²) >= 11 is 1.44. The summed E-state index contributed by atoms with van der Waals surface area (Å²) in [7, 11) is 0. The highest BCUT2D eigenvalue weighted by atomic mass is 32.2. The minimum atomic E-state index is -0.293. The van der Waals surface area contributed by atoms with E-state index in [0.717, 1.165) is 59.2 Å². The predicted octanol–water partition coefficient (Wildman–Crippen LogP) is 5.37. The first-order valence-electron chi connectivity index (χ1n) is 17.0. The highest BCUT2D eigenvalue weighted by Gasteiger charge is 2.22.